The number of rotatable bonds is 2. The van der Waals surface area contributed by atoms with Crippen molar-refractivity contribution in [3.63, 3.8) is 0 Å². The Morgan fingerprint density at radius 1 is 1.24 bits per heavy atom. The molecule has 0 amide bonds. The van der Waals surface area contributed by atoms with Crippen LogP contribution in [0.1, 0.15) is 18.4 Å². The minimum absolute atomic E-state index is 0.0714. The van der Waals surface area contributed by atoms with E-state index < -0.39 is 0 Å². The predicted octanol–water partition coefficient (Wildman–Crippen LogP) is 1.89. The van der Waals surface area contributed by atoms with E-state index in [0.29, 0.717) is 0 Å². The Kier molecular flexibility index (Phi) is 2.82. The normalized spacial score (nSPS) is 24.5. The summed E-state index contributed by atoms with van der Waals surface area (Å²) in [5.74, 6) is 0.892. The number of aromatic nitrogens is 1. The van der Waals surface area contributed by atoms with Crippen LogP contribution < -0.4 is 10.6 Å². The van der Waals surface area contributed by atoms with Gasteiger partial charge in [0.25, 0.3) is 0 Å². The van der Waals surface area contributed by atoms with Crippen LogP contribution >= 0.6 is 0 Å². The molecule has 2 unspecified atom stereocenters. The van der Waals surface area contributed by atoms with Crippen LogP contribution in [-0.2, 0) is 4.74 Å². The molecular formula is C16H18N4O. The summed E-state index contributed by atoms with van der Waals surface area (Å²) in [6, 6.07) is 9.93. The number of nitrogens with one attached hydrogen (secondary N) is 1. The van der Waals surface area contributed by atoms with E-state index in [-0.39, 0.29) is 18.0 Å². The molecule has 21 heavy (non-hydrogen) atoms. The van der Waals surface area contributed by atoms with Crippen LogP contribution in [0, 0.1) is 5.41 Å². The van der Waals surface area contributed by atoms with E-state index in [1.807, 2.05) is 30.3 Å². The molecule has 0 saturated carbocycles. The maximum Gasteiger partial charge on any atom is 0.140 e. The fraction of sp³-hybridized carbons (Fsp3) is 0.375. The molecule has 2 aliphatic heterocycles. The van der Waals surface area contributed by atoms with Gasteiger partial charge >= 0.3 is 0 Å². The van der Waals surface area contributed by atoms with Crippen molar-refractivity contribution in [3.8, 4) is 0 Å². The van der Waals surface area contributed by atoms with Gasteiger partial charge in [-0.2, -0.15) is 0 Å². The van der Waals surface area contributed by atoms with Crippen LogP contribution in [0.3, 0.4) is 0 Å². The predicted molar refractivity (Wildman–Crippen MR) is 82.9 cm³/mol. The van der Waals surface area contributed by atoms with Crippen molar-refractivity contribution in [3.05, 3.63) is 35.9 Å². The summed E-state index contributed by atoms with van der Waals surface area (Å²) in [6.07, 6.45) is 2.81. The van der Waals surface area contributed by atoms with Crippen molar-refractivity contribution in [2.24, 2.45) is 5.73 Å². The molecule has 0 radical (unpaired) electrons. The number of amidine groups is 1. The summed E-state index contributed by atoms with van der Waals surface area (Å²) < 4.78 is 5.88. The Bertz CT molecular complexity index is 702. The van der Waals surface area contributed by atoms with E-state index in [2.05, 4.69) is 4.90 Å². The summed E-state index contributed by atoms with van der Waals surface area (Å²) in [7, 11) is 0. The largest absolute Gasteiger partial charge is 0.384 e. The van der Waals surface area contributed by atoms with Gasteiger partial charge in [-0.3, -0.25) is 5.41 Å². The van der Waals surface area contributed by atoms with Gasteiger partial charge < -0.3 is 15.4 Å². The van der Waals surface area contributed by atoms with E-state index in [4.69, 9.17) is 20.9 Å². The molecule has 2 aliphatic rings. The molecule has 4 rings (SSSR count). The molecule has 1 aromatic carbocycles. The maximum atomic E-state index is 7.87. The first kappa shape index (κ1) is 12.6. The molecule has 2 aromatic rings. The van der Waals surface area contributed by atoms with Crippen LogP contribution in [0.4, 0.5) is 5.82 Å². The van der Waals surface area contributed by atoms with Gasteiger partial charge in [0, 0.05) is 18.5 Å². The smallest absolute Gasteiger partial charge is 0.140 e. The third kappa shape index (κ3) is 2.14. The van der Waals surface area contributed by atoms with Crippen molar-refractivity contribution in [2.45, 2.75) is 25.0 Å². The van der Waals surface area contributed by atoms with Crippen LogP contribution in [0.5, 0.6) is 0 Å². The van der Waals surface area contributed by atoms with Gasteiger partial charge in [-0.15, -0.1) is 0 Å². The number of nitrogens with two attached hydrogens (primary N) is 1. The number of nitrogen functional groups attached to an aromatic ring is 1. The molecule has 0 spiro atoms. The number of para-hydroxylation sites is 1. The average Bonchev–Trinajstić information content (AvgIpc) is 2.84. The number of fused-ring (bicyclic) bond motifs is 3. The highest BCUT2D eigenvalue weighted by Gasteiger charge is 2.35. The van der Waals surface area contributed by atoms with Gasteiger partial charge in [0.1, 0.15) is 11.7 Å². The Morgan fingerprint density at radius 3 is 2.67 bits per heavy atom. The third-order valence-electron chi connectivity index (χ3n) is 4.34. The molecule has 5 heteroatoms. The Morgan fingerprint density at radius 2 is 1.95 bits per heavy atom. The Labute approximate surface area is 123 Å². The number of benzene rings is 1. The highest BCUT2D eigenvalue weighted by molar-refractivity contribution is 6.03. The van der Waals surface area contributed by atoms with Gasteiger partial charge in [0.2, 0.25) is 0 Å². The van der Waals surface area contributed by atoms with Gasteiger partial charge in [-0.1, -0.05) is 18.2 Å². The lowest BCUT2D eigenvalue weighted by atomic mass is 10.1. The summed E-state index contributed by atoms with van der Waals surface area (Å²) in [5, 5.41) is 8.88. The van der Waals surface area contributed by atoms with Crippen LogP contribution in [0.25, 0.3) is 10.9 Å². The third-order valence-corrected chi connectivity index (χ3v) is 4.34. The Hall–Kier alpha value is -2.14. The fourth-order valence-corrected chi connectivity index (χ4v) is 3.33. The Balaban J connectivity index is 1.82. The lowest BCUT2D eigenvalue weighted by Crippen LogP contribution is -2.43. The molecule has 5 nitrogen and oxygen atoms in total. The highest BCUT2D eigenvalue weighted by Crippen LogP contribution is 2.31. The number of nitrogens with zero attached hydrogens (tertiary/aromatic N) is 2. The van der Waals surface area contributed by atoms with Crippen molar-refractivity contribution in [1.29, 1.82) is 5.41 Å². The van der Waals surface area contributed by atoms with Gasteiger partial charge in [-0.25, -0.2) is 4.98 Å². The fourth-order valence-electron chi connectivity index (χ4n) is 3.33. The average molecular weight is 282 g/mol. The van der Waals surface area contributed by atoms with E-state index in [9.17, 15) is 0 Å². The molecule has 2 saturated heterocycles. The minimum atomic E-state index is 0.0714. The lowest BCUT2D eigenvalue weighted by molar-refractivity contribution is 0.0302. The van der Waals surface area contributed by atoms with E-state index in [1.165, 1.54) is 0 Å². The highest BCUT2D eigenvalue weighted by atomic mass is 16.5. The molecule has 1 aromatic heterocycles. The zero-order chi connectivity index (χ0) is 14.4. The maximum absolute atomic E-state index is 7.87. The minimum Gasteiger partial charge on any atom is -0.384 e. The number of anilines is 1. The molecule has 2 atom stereocenters. The molecule has 2 bridgehead atoms. The monoisotopic (exact) mass is 282 g/mol. The summed E-state index contributed by atoms with van der Waals surface area (Å²) >= 11 is 0. The van der Waals surface area contributed by atoms with Crippen molar-refractivity contribution in [1.82, 2.24) is 4.98 Å². The van der Waals surface area contributed by atoms with Crippen molar-refractivity contribution < 1.29 is 4.74 Å². The molecule has 3 N–H and O–H groups in total. The SMILES string of the molecule is N=C(N)c1cc2ccccc2nc1N1CC2CCC(C1)O2. The second kappa shape index (κ2) is 4.70. The number of ether oxygens (including phenoxy) is 1. The quantitative estimate of drug-likeness (QED) is 0.651. The molecular weight excluding hydrogens is 264 g/mol. The van der Waals surface area contributed by atoms with Crippen LogP contribution in [0.15, 0.2) is 30.3 Å². The van der Waals surface area contributed by atoms with Crippen LogP contribution in [-0.4, -0.2) is 36.1 Å². The van der Waals surface area contributed by atoms with Gasteiger partial charge in [0.05, 0.1) is 23.3 Å². The zero-order valence-electron chi connectivity index (χ0n) is 11.7. The lowest BCUT2D eigenvalue weighted by Gasteiger charge is -2.34. The van der Waals surface area contributed by atoms with Crippen molar-refractivity contribution >= 4 is 22.6 Å². The number of pyridine rings is 1. The molecule has 0 aliphatic carbocycles. The van der Waals surface area contributed by atoms with Gasteiger partial charge in [-0.05, 0) is 25.0 Å². The second-order valence-electron chi connectivity index (χ2n) is 5.83. The number of hydrogen-bond acceptors (Lipinski definition) is 4. The molecule has 108 valence electrons. The number of morpholine rings is 1. The first-order chi connectivity index (χ1) is 10.2. The first-order valence-corrected chi connectivity index (χ1v) is 7.35. The second-order valence-corrected chi connectivity index (χ2v) is 5.83. The van der Waals surface area contributed by atoms with E-state index >= 15 is 0 Å². The van der Waals surface area contributed by atoms with E-state index in [0.717, 1.165) is 48.2 Å². The first-order valence-electron chi connectivity index (χ1n) is 7.35. The topological polar surface area (TPSA) is 75.2 Å². The zero-order valence-corrected chi connectivity index (χ0v) is 11.7. The summed E-state index contributed by atoms with van der Waals surface area (Å²) in [6.45, 7) is 1.67. The van der Waals surface area contributed by atoms with E-state index in [1.54, 1.807) is 0 Å². The summed E-state index contributed by atoms with van der Waals surface area (Å²) in [5.41, 5.74) is 7.44. The molecule has 2 fully saturated rings. The number of hydrogen-bond donors (Lipinski definition) is 2. The standard InChI is InChI=1S/C16H18N4O/c17-15(18)13-7-10-3-1-2-4-14(10)19-16(13)20-8-11-5-6-12(9-20)21-11/h1-4,7,11-12H,5-6,8-9H2,(H3,17,18). The van der Waals surface area contributed by atoms with Crippen LogP contribution in [0.2, 0.25) is 0 Å². The summed E-state index contributed by atoms with van der Waals surface area (Å²) in [4.78, 5) is 7.00. The molecule has 3 heterocycles. The van der Waals surface area contributed by atoms with Crippen molar-refractivity contribution in [2.75, 3.05) is 18.0 Å². The van der Waals surface area contributed by atoms with Gasteiger partial charge in [0.15, 0.2) is 0 Å².